The molecule has 110 valence electrons. The largest absolute Gasteiger partial charge is 0.333 e. The standard InChI is InChI=1S/C17H15N3OS/c21-17(19-12-16-2-1-11-22-16)20-15-5-3-13(4-6-15)14-7-9-18-10-8-14/h1-11H,12H2,(H2,19,20,21). The number of hydrogen-bond acceptors (Lipinski definition) is 3. The first-order valence-electron chi connectivity index (χ1n) is 6.89. The van der Waals surface area contributed by atoms with E-state index < -0.39 is 0 Å². The summed E-state index contributed by atoms with van der Waals surface area (Å²) >= 11 is 1.62. The second-order valence-electron chi connectivity index (χ2n) is 4.70. The van der Waals surface area contributed by atoms with E-state index in [1.807, 2.05) is 53.9 Å². The zero-order chi connectivity index (χ0) is 15.2. The van der Waals surface area contributed by atoms with Crippen molar-refractivity contribution in [3.63, 3.8) is 0 Å². The van der Waals surface area contributed by atoms with Crippen LogP contribution in [0.25, 0.3) is 11.1 Å². The van der Waals surface area contributed by atoms with Crippen molar-refractivity contribution in [2.24, 2.45) is 0 Å². The quantitative estimate of drug-likeness (QED) is 0.761. The van der Waals surface area contributed by atoms with Gasteiger partial charge in [-0.2, -0.15) is 0 Å². The van der Waals surface area contributed by atoms with Gasteiger partial charge in [-0.1, -0.05) is 18.2 Å². The number of hydrogen-bond donors (Lipinski definition) is 2. The smallest absolute Gasteiger partial charge is 0.319 e. The molecule has 0 unspecified atom stereocenters. The maximum atomic E-state index is 11.8. The molecule has 0 aliphatic heterocycles. The number of nitrogens with zero attached hydrogens (tertiary/aromatic N) is 1. The van der Waals surface area contributed by atoms with Crippen LogP contribution >= 0.6 is 11.3 Å². The summed E-state index contributed by atoms with van der Waals surface area (Å²) < 4.78 is 0. The highest BCUT2D eigenvalue weighted by atomic mass is 32.1. The van der Waals surface area contributed by atoms with Crippen molar-refractivity contribution in [2.45, 2.75) is 6.54 Å². The first-order chi connectivity index (χ1) is 10.8. The number of aromatic nitrogens is 1. The van der Waals surface area contributed by atoms with E-state index in [9.17, 15) is 4.79 Å². The summed E-state index contributed by atoms with van der Waals surface area (Å²) in [6, 6.07) is 15.4. The van der Waals surface area contributed by atoms with Crippen molar-refractivity contribution in [1.29, 1.82) is 0 Å². The number of thiophene rings is 1. The van der Waals surface area contributed by atoms with Crippen LogP contribution in [0.4, 0.5) is 10.5 Å². The topological polar surface area (TPSA) is 54.0 Å². The molecule has 2 aromatic heterocycles. The maximum Gasteiger partial charge on any atom is 0.319 e. The van der Waals surface area contributed by atoms with E-state index in [2.05, 4.69) is 15.6 Å². The lowest BCUT2D eigenvalue weighted by Gasteiger charge is -2.08. The molecule has 5 heteroatoms. The van der Waals surface area contributed by atoms with Crippen LogP contribution in [-0.4, -0.2) is 11.0 Å². The van der Waals surface area contributed by atoms with Crippen LogP contribution in [0.1, 0.15) is 4.88 Å². The molecule has 0 spiro atoms. The Balaban J connectivity index is 1.58. The summed E-state index contributed by atoms with van der Waals surface area (Å²) in [5.74, 6) is 0. The Morgan fingerprint density at radius 2 is 1.73 bits per heavy atom. The number of urea groups is 1. The van der Waals surface area contributed by atoms with Crippen LogP contribution in [0.5, 0.6) is 0 Å². The fourth-order valence-corrected chi connectivity index (χ4v) is 2.69. The Labute approximate surface area is 132 Å². The summed E-state index contributed by atoms with van der Waals surface area (Å²) in [5.41, 5.74) is 2.96. The fraction of sp³-hybridized carbons (Fsp3) is 0.0588. The van der Waals surface area contributed by atoms with Crippen molar-refractivity contribution in [1.82, 2.24) is 10.3 Å². The van der Waals surface area contributed by atoms with Crippen LogP contribution in [-0.2, 0) is 6.54 Å². The molecule has 2 heterocycles. The molecule has 0 atom stereocenters. The van der Waals surface area contributed by atoms with Gasteiger partial charge >= 0.3 is 6.03 Å². The van der Waals surface area contributed by atoms with Gasteiger partial charge in [0, 0.05) is 23.0 Å². The lowest BCUT2D eigenvalue weighted by atomic mass is 10.1. The SMILES string of the molecule is O=C(NCc1cccs1)Nc1ccc(-c2ccncc2)cc1. The van der Waals surface area contributed by atoms with Crippen LogP contribution in [0.2, 0.25) is 0 Å². The Morgan fingerprint density at radius 1 is 1.00 bits per heavy atom. The van der Waals surface area contributed by atoms with Gasteiger partial charge in [-0.25, -0.2) is 4.79 Å². The van der Waals surface area contributed by atoms with E-state index >= 15 is 0 Å². The minimum absolute atomic E-state index is 0.204. The van der Waals surface area contributed by atoms with Gasteiger partial charge in [0.2, 0.25) is 0 Å². The highest BCUT2D eigenvalue weighted by Gasteiger charge is 2.03. The summed E-state index contributed by atoms with van der Waals surface area (Å²) in [5, 5.41) is 7.65. The molecule has 0 aliphatic rings. The summed E-state index contributed by atoms with van der Waals surface area (Å²) in [6.45, 7) is 0.540. The molecule has 0 radical (unpaired) electrons. The molecule has 3 rings (SSSR count). The van der Waals surface area contributed by atoms with Crippen LogP contribution < -0.4 is 10.6 Å². The minimum Gasteiger partial charge on any atom is -0.333 e. The van der Waals surface area contributed by atoms with E-state index in [0.717, 1.165) is 21.7 Å². The highest BCUT2D eigenvalue weighted by Crippen LogP contribution is 2.20. The van der Waals surface area contributed by atoms with Crippen molar-refractivity contribution in [3.05, 3.63) is 71.2 Å². The number of anilines is 1. The predicted octanol–water partition coefficient (Wildman–Crippen LogP) is 4.13. The molecule has 0 aliphatic carbocycles. The molecule has 4 nitrogen and oxygen atoms in total. The summed E-state index contributed by atoms with van der Waals surface area (Å²) in [6.07, 6.45) is 3.53. The van der Waals surface area contributed by atoms with E-state index in [1.54, 1.807) is 23.7 Å². The van der Waals surface area contributed by atoms with Crippen LogP contribution in [0.3, 0.4) is 0 Å². The lowest BCUT2D eigenvalue weighted by Crippen LogP contribution is -2.27. The van der Waals surface area contributed by atoms with Gasteiger partial charge < -0.3 is 10.6 Å². The molecular weight excluding hydrogens is 294 g/mol. The molecule has 0 fully saturated rings. The number of benzene rings is 1. The third kappa shape index (κ3) is 3.71. The molecule has 0 bridgehead atoms. The van der Waals surface area contributed by atoms with Crippen molar-refractivity contribution in [2.75, 3.05) is 5.32 Å². The van der Waals surface area contributed by atoms with Crippen molar-refractivity contribution >= 4 is 23.1 Å². The number of nitrogens with one attached hydrogen (secondary N) is 2. The number of carbonyl (C=O) groups is 1. The number of pyridine rings is 1. The second kappa shape index (κ2) is 6.87. The summed E-state index contributed by atoms with van der Waals surface area (Å²) in [4.78, 5) is 17.0. The lowest BCUT2D eigenvalue weighted by molar-refractivity contribution is 0.252. The normalized spacial score (nSPS) is 10.2. The molecular formula is C17H15N3OS. The molecule has 1 aromatic carbocycles. The first kappa shape index (κ1) is 14.3. The number of carbonyl (C=O) groups excluding carboxylic acids is 1. The van der Waals surface area contributed by atoms with Crippen LogP contribution in [0.15, 0.2) is 66.3 Å². The van der Waals surface area contributed by atoms with E-state index in [0.29, 0.717) is 6.54 Å². The molecule has 22 heavy (non-hydrogen) atoms. The van der Waals surface area contributed by atoms with Crippen molar-refractivity contribution < 1.29 is 4.79 Å². The van der Waals surface area contributed by atoms with Gasteiger partial charge in [0.25, 0.3) is 0 Å². The van der Waals surface area contributed by atoms with E-state index in [1.165, 1.54) is 0 Å². The van der Waals surface area contributed by atoms with Gasteiger partial charge in [0.1, 0.15) is 0 Å². The zero-order valence-corrected chi connectivity index (χ0v) is 12.6. The predicted molar refractivity (Wildman–Crippen MR) is 89.9 cm³/mol. The third-order valence-electron chi connectivity index (χ3n) is 3.16. The molecule has 3 aromatic rings. The Bertz CT molecular complexity index is 724. The molecule has 0 saturated heterocycles. The van der Waals surface area contributed by atoms with Gasteiger partial charge in [-0.05, 0) is 46.8 Å². The van der Waals surface area contributed by atoms with E-state index in [4.69, 9.17) is 0 Å². The van der Waals surface area contributed by atoms with Crippen LogP contribution in [0, 0.1) is 0 Å². The third-order valence-corrected chi connectivity index (χ3v) is 4.04. The monoisotopic (exact) mass is 309 g/mol. The Morgan fingerprint density at radius 3 is 2.41 bits per heavy atom. The molecule has 0 saturated carbocycles. The number of rotatable bonds is 4. The molecule has 2 N–H and O–H groups in total. The van der Waals surface area contributed by atoms with E-state index in [-0.39, 0.29) is 6.03 Å². The zero-order valence-electron chi connectivity index (χ0n) is 11.8. The second-order valence-corrected chi connectivity index (χ2v) is 5.73. The minimum atomic E-state index is -0.204. The maximum absolute atomic E-state index is 11.8. The van der Waals surface area contributed by atoms with Gasteiger partial charge in [0.05, 0.1) is 6.54 Å². The van der Waals surface area contributed by atoms with Gasteiger partial charge in [-0.15, -0.1) is 11.3 Å². The number of amides is 2. The average molecular weight is 309 g/mol. The average Bonchev–Trinajstić information content (AvgIpc) is 3.08. The van der Waals surface area contributed by atoms with Gasteiger partial charge in [-0.3, -0.25) is 4.98 Å². The van der Waals surface area contributed by atoms with Crippen molar-refractivity contribution in [3.8, 4) is 11.1 Å². The Hall–Kier alpha value is -2.66. The Kier molecular flexibility index (Phi) is 4.46. The highest BCUT2D eigenvalue weighted by molar-refractivity contribution is 7.09. The summed E-state index contributed by atoms with van der Waals surface area (Å²) in [7, 11) is 0. The fourth-order valence-electron chi connectivity index (χ4n) is 2.05. The molecule has 2 amide bonds. The first-order valence-corrected chi connectivity index (χ1v) is 7.77. The van der Waals surface area contributed by atoms with Gasteiger partial charge in [0.15, 0.2) is 0 Å².